The highest BCUT2D eigenvalue weighted by Crippen LogP contribution is 2.52. The molecule has 0 saturated heterocycles. The van der Waals surface area contributed by atoms with Gasteiger partial charge in [0.15, 0.2) is 5.78 Å². The summed E-state index contributed by atoms with van der Waals surface area (Å²) in [5.41, 5.74) is 2.83. The van der Waals surface area contributed by atoms with Gasteiger partial charge in [0.25, 0.3) is 0 Å². The van der Waals surface area contributed by atoms with E-state index >= 15 is 0 Å². The van der Waals surface area contributed by atoms with Gasteiger partial charge in [-0.2, -0.15) is 0 Å². The van der Waals surface area contributed by atoms with E-state index in [-0.39, 0.29) is 5.41 Å². The Balaban J connectivity index is 2.26. The van der Waals surface area contributed by atoms with Gasteiger partial charge in [0.1, 0.15) is 0 Å². The Morgan fingerprint density at radius 1 is 1.56 bits per heavy atom. The maximum absolute atomic E-state index is 11.7. The van der Waals surface area contributed by atoms with Crippen molar-refractivity contribution in [3.63, 3.8) is 0 Å². The largest absolute Gasteiger partial charge is 0.295 e. The molecule has 1 nitrogen and oxygen atoms in total. The van der Waals surface area contributed by atoms with Crippen LogP contribution in [0.15, 0.2) is 23.8 Å². The highest BCUT2D eigenvalue weighted by atomic mass is 16.1. The van der Waals surface area contributed by atoms with Crippen LogP contribution in [0.4, 0.5) is 0 Å². The lowest BCUT2D eigenvalue weighted by atomic mass is 9.57. The van der Waals surface area contributed by atoms with Crippen LogP contribution in [0.25, 0.3) is 0 Å². The predicted octanol–water partition coefficient (Wildman–Crippen LogP) is 3.90. The predicted molar refractivity (Wildman–Crippen MR) is 67.1 cm³/mol. The molecule has 2 aliphatic rings. The first-order chi connectivity index (χ1) is 7.42. The molecule has 16 heavy (non-hydrogen) atoms. The zero-order valence-electron chi connectivity index (χ0n) is 10.7. The molecule has 3 unspecified atom stereocenters. The van der Waals surface area contributed by atoms with E-state index < -0.39 is 0 Å². The van der Waals surface area contributed by atoms with Crippen molar-refractivity contribution in [2.75, 3.05) is 0 Å². The molecule has 0 aromatic carbocycles. The second-order valence-corrected chi connectivity index (χ2v) is 6.06. The summed E-state index contributed by atoms with van der Waals surface area (Å²) >= 11 is 0. The first kappa shape index (κ1) is 11.6. The Morgan fingerprint density at radius 2 is 2.25 bits per heavy atom. The van der Waals surface area contributed by atoms with Crippen molar-refractivity contribution in [3.05, 3.63) is 23.8 Å². The number of allylic oxidation sites excluding steroid dienone is 3. The Kier molecular flexibility index (Phi) is 2.81. The number of ketones is 1. The lowest BCUT2D eigenvalue weighted by Crippen LogP contribution is -2.39. The van der Waals surface area contributed by atoms with Gasteiger partial charge >= 0.3 is 0 Å². The van der Waals surface area contributed by atoms with E-state index in [0.717, 1.165) is 6.42 Å². The van der Waals surface area contributed by atoms with E-state index in [1.807, 2.05) is 6.08 Å². The topological polar surface area (TPSA) is 17.1 Å². The molecular weight excluding hydrogens is 196 g/mol. The minimum Gasteiger partial charge on any atom is -0.295 e. The maximum Gasteiger partial charge on any atom is 0.156 e. The first-order valence-electron chi connectivity index (χ1n) is 6.29. The van der Waals surface area contributed by atoms with Crippen molar-refractivity contribution in [2.24, 2.45) is 17.3 Å². The summed E-state index contributed by atoms with van der Waals surface area (Å²) in [6.07, 6.45) is 6.20. The monoisotopic (exact) mass is 218 g/mol. The normalized spacial score (nSPS) is 38.9. The highest BCUT2D eigenvalue weighted by Gasteiger charge is 2.43. The number of carbonyl (C=O) groups excluding carboxylic acids is 1. The van der Waals surface area contributed by atoms with Gasteiger partial charge in [-0.05, 0) is 56.4 Å². The molecule has 0 N–H and O–H groups in total. The van der Waals surface area contributed by atoms with Crippen molar-refractivity contribution < 1.29 is 4.79 Å². The molecule has 1 fully saturated rings. The molecule has 0 aliphatic heterocycles. The molecule has 0 spiro atoms. The molecule has 0 heterocycles. The van der Waals surface area contributed by atoms with Crippen molar-refractivity contribution in [1.82, 2.24) is 0 Å². The SMILES string of the molecule is C=C(C)C1CCC2(C)CC(=O)C=C(C)C2C1. The smallest absolute Gasteiger partial charge is 0.156 e. The van der Waals surface area contributed by atoms with Gasteiger partial charge in [-0.25, -0.2) is 0 Å². The lowest BCUT2D eigenvalue weighted by Gasteiger charge is -2.47. The Labute approximate surface area is 98.6 Å². The number of hydrogen-bond acceptors (Lipinski definition) is 1. The number of fused-ring (bicyclic) bond motifs is 1. The third-order valence-electron chi connectivity index (χ3n) is 4.64. The van der Waals surface area contributed by atoms with Gasteiger partial charge in [-0.3, -0.25) is 4.79 Å². The van der Waals surface area contributed by atoms with Gasteiger partial charge in [0.05, 0.1) is 0 Å². The Bertz CT molecular complexity index is 364. The van der Waals surface area contributed by atoms with Gasteiger partial charge in [-0.1, -0.05) is 24.6 Å². The van der Waals surface area contributed by atoms with Crippen LogP contribution < -0.4 is 0 Å². The van der Waals surface area contributed by atoms with Gasteiger partial charge < -0.3 is 0 Å². The van der Waals surface area contributed by atoms with Crippen LogP contribution in [0.2, 0.25) is 0 Å². The highest BCUT2D eigenvalue weighted by molar-refractivity contribution is 5.92. The van der Waals surface area contributed by atoms with E-state index in [1.165, 1.54) is 30.4 Å². The van der Waals surface area contributed by atoms with E-state index in [1.54, 1.807) is 0 Å². The molecule has 1 heteroatoms. The third kappa shape index (κ3) is 1.88. The summed E-state index contributed by atoms with van der Waals surface area (Å²) < 4.78 is 0. The molecule has 2 aliphatic carbocycles. The van der Waals surface area contributed by atoms with Gasteiger partial charge in [-0.15, -0.1) is 0 Å². The summed E-state index contributed by atoms with van der Waals surface area (Å²) in [5.74, 6) is 1.58. The second-order valence-electron chi connectivity index (χ2n) is 6.06. The van der Waals surface area contributed by atoms with Gasteiger partial charge in [0.2, 0.25) is 0 Å². The molecule has 0 aromatic heterocycles. The molecule has 1 saturated carbocycles. The average Bonchev–Trinajstić information content (AvgIpc) is 2.15. The molecule has 0 bridgehead atoms. The molecular formula is C15H22O. The van der Waals surface area contributed by atoms with Crippen LogP contribution in [0.1, 0.15) is 46.5 Å². The summed E-state index contributed by atoms with van der Waals surface area (Å²) in [7, 11) is 0. The summed E-state index contributed by atoms with van der Waals surface area (Å²) in [4.78, 5) is 11.7. The molecule has 88 valence electrons. The van der Waals surface area contributed by atoms with Crippen LogP contribution in [0.3, 0.4) is 0 Å². The van der Waals surface area contributed by atoms with Crippen LogP contribution in [0.5, 0.6) is 0 Å². The fourth-order valence-corrected chi connectivity index (χ4v) is 3.56. The van der Waals surface area contributed by atoms with Crippen molar-refractivity contribution >= 4 is 5.78 Å². The molecule has 0 radical (unpaired) electrons. The van der Waals surface area contributed by atoms with E-state index in [0.29, 0.717) is 17.6 Å². The molecule has 3 atom stereocenters. The third-order valence-corrected chi connectivity index (χ3v) is 4.64. The fraction of sp³-hybridized carbons (Fsp3) is 0.667. The van der Waals surface area contributed by atoms with Crippen LogP contribution in [0, 0.1) is 17.3 Å². The summed E-state index contributed by atoms with van der Waals surface area (Å²) in [6.45, 7) is 10.7. The van der Waals surface area contributed by atoms with Crippen LogP contribution in [-0.2, 0) is 4.79 Å². The molecule has 2 rings (SSSR count). The zero-order chi connectivity index (χ0) is 11.9. The van der Waals surface area contributed by atoms with E-state index in [2.05, 4.69) is 27.4 Å². The number of rotatable bonds is 1. The average molecular weight is 218 g/mol. The lowest BCUT2D eigenvalue weighted by molar-refractivity contribution is -0.119. The Morgan fingerprint density at radius 3 is 2.88 bits per heavy atom. The van der Waals surface area contributed by atoms with Gasteiger partial charge in [0, 0.05) is 6.42 Å². The quantitative estimate of drug-likeness (QED) is 0.610. The van der Waals surface area contributed by atoms with E-state index in [9.17, 15) is 4.79 Å². The number of carbonyl (C=O) groups is 1. The Hall–Kier alpha value is -0.850. The number of hydrogen-bond donors (Lipinski definition) is 0. The maximum atomic E-state index is 11.7. The molecule has 0 amide bonds. The van der Waals surface area contributed by atoms with Crippen LogP contribution >= 0.6 is 0 Å². The van der Waals surface area contributed by atoms with Crippen LogP contribution in [-0.4, -0.2) is 5.78 Å². The second kappa shape index (κ2) is 3.87. The zero-order valence-corrected chi connectivity index (χ0v) is 10.7. The minimum absolute atomic E-state index is 0.224. The minimum atomic E-state index is 0.224. The summed E-state index contributed by atoms with van der Waals surface area (Å²) in [6, 6.07) is 0. The summed E-state index contributed by atoms with van der Waals surface area (Å²) in [5, 5.41) is 0. The van der Waals surface area contributed by atoms with Crippen molar-refractivity contribution in [3.8, 4) is 0 Å². The first-order valence-corrected chi connectivity index (χ1v) is 6.29. The van der Waals surface area contributed by atoms with Crippen molar-refractivity contribution in [1.29, 1.82) is 0 Å². The molecule has 0 aromatic rings. The standard InChI is InChI=1S/C15H22O/c1-10(2)12-5-6-15(4)9-13(16)7-11(3)14(15)8-12/h7,12,14H,1,5-6,8-9H2,2-4H3. The van der Waals surface area contributed by atoms with E-state index in [4.69, 9.17) is 0 Å². The fourth-order valence-electron chi connectivity index (χ4n) is 3.56. The van der Waals surface area contributed by atoms with Crippen molar-refractivity contribution in [2.45, 2.75) is 46.5 Å².